The summed E-state index contributed by atoms with van der Waals surface area (Å²) in [4.78, 5) is 0. The largest absolute Gasteiger partial charge is 0.0614 e. The molecule has 0 amide bonds. The normalized spacial score (nSPS) is 14.6. The van der Waals surface area contributed by atoms with Gasteiger partial charge >= 0.3 is 0 Å². The molecule has 70 valence electrons. The summed E-state index contributed by atoms with van der Waals surface area (Å²) in [5.74, 6) is 0. The van der Waals surface area contributed by atoms with Gasteiger partial charge in [-0.3, -0.25) is 0 Å². The summed E-state index contributed by atoms with van der Waals surface area (Å²) in [7, 11) is 0. The van der Waals surface area contributed by atoms with E-state index in [1.54, 1.807) is 11.1 Å². The number of aryl methyl sites for hydroxylation is 2. The SMILES string of the molecule is Cc1cccc2c3c(cc-2c1)CCC3. The van der Waals surface area contributed by atoms with E-state index in [9.17, 15) is 0 Å². The first-order valence-electron chi connectivity index (χ1n) is 5.36. The Bertz CT molecular complexity index is 454. The van der Waals surface area contributed by atoms with Crippen molar-refractivity contribution in [3.63, 3.8) is 0 Å². The van der Waals surface area contributed by atoms with E-state index in [0.29, 0.717) is 0 Å². The molecule has 0 aliphatic heterocycles. The molecule has 0 fully saturated rings. The lowest BCUT2D eigenvalue weighted by atomic mass is 10.1. The van der Waals surface area contributed by atoms with Gasteiger partial charge in [-0.05, 0) is 48.4 Å². The van der Waals surface area contributed by atoms with Gasteiger partial charge in [0, 0.05) is 0 Å². The second kappa shape index (κ2) is 2.84. The summed E-state index contributed by atoms with van der Waals surface area (Å²) in [6.07, 6.45) is 3.91. The van der Waals surface area contributed by atoms with Crippen LogP contribution in [0.1, 0.15) is 23.1 Å². The molecule has 0 N–H and O–H groups in total. The Hall–Kier alpha value is -1.30. The zero-order chi connectivity index (χ0) is 9.54. The van der Waals surface area contributed by atoms with Crippen molar-refractivity contribution in [1.29, 1.82) is 0 Å². The molecule has 0 saturated carbocycles. The topological polar surface area (TPSA) is 0 Å². The third-order valence-electron chi connectivity index (χ3n) is 3.23. The van der Waals surface area contributed by atoms with Crippen molar-refractivity contribution in [3.05, 3.63) is 47.0 Å². The molecule has 0 heterocycles. The molecule has 0 spiro atoms. The monoisotopic (exact) mass is 182 g/mol. The summed E-state index contributed by atoms with van der Waals surface area (Å²) in [6, 6.07) is 11.3. The molecule has 0 saturated heterocycles. The van der Waals surface area contributed by atoms with Gasteiger partial charge in [0.25, 0.3) is 0 Å². The number of hydrogen-bond donors (Lipinski definition) is 0. The number of rotatable bonds is 0. The van der Waals surface area contributed by atoms with E-state index in [1.165, 1.54) is 36.0 Å². The van der Waals surface area contributed by atoms with Crippen molar-refractivity contribution in [3.8, 4) is 11.1 Å². The molecule has 0 aromatic heterocycles. The van der Waals surface area contributed by atoms with Crippen molar-refractivity contribution >= 4 is 0 Å². The minimum atomic E-state index is 1.28. The molecule has 0 unspecified atom stereocenters. The fourth-order valence-electron chi connectivity index (χ4n) is 2.58. The zero-order valence-corrected chi connectivity index (χ0v) is 8.51. The van der Waals surface area contributed by atoms with Gasteiger partial charge in [-0.2, -0.15) is 0 Å². The van der Waals surface area contributed by atoms with Crippen LogP contribution in [0.25, 0.3) is 11.1 Å². The van der Waals surface area contributed by atoms with Crippen molar-refractivity contribution in [2.45, 2.75) is 26.2 Å². The maximum atomic E-state index is 2.38. The number of hydrogen-bond acceptors (Lipinski definition) is 0. The molecule has 0 radical (unpaired) electrons. The van der Waals surface area contributed by atoms with E-state index < -0.39 is 0 Å². The standard InChI is InChI=1S/C14H14/c1-10-4-2-6-14-12(8-10)9-11-5-3-7-13(11)14/h2,4,6,8-9H,3,5,7H2,1H3. The first-order valence-corrected chi connectivity index (χ1v) is 5.36. The molecule has 3 aliphatic carbocycles. The Morgan fingerprint density at radius 2 is 2.00 bits per heavy atom. The first kappa shape index (κ1) is 8.05. The highest BCUT2D eigenvalue weighted by molar-refractivity contribution is 5.74. The maximum Gasteiger partial charge on any atom is -0.0149 e. The minimum absolute atomic E-state index is 1.28. The van der Waals surface area contributed by atoms with Gasteiger partial charge in [0.05, 0.1) is 0 Å². The van der Waals surface area contributed by atoms with Crippen LogP contribution in [0.5, 0.6) is 0 Å². The fraction of sp³-hybridized carbons (Fsp3) is 0.286. The Balaban J connectivity index is 2.32. The van der Waals surface area contributed by atoms with Crippen LogP contribution in [0, 0.1) is 6.92 Å². The molecule has 0 aromatic rings. The average Bonchev–Trinajstić information content (AvgIpc) is 2.64. The Morgan fingerprint density at radius 1 is 1.07 bits per heavy atom. The third-order valence-corrected chi connectivity index (χ3v) is 3.23. The molecule has 0 nitrogen and oxygen atoms in total. The zero-order valence-electron chi connectivity index (χ0n) is 8.51. The summed E-state index contributed by atoms with van der Waals surface area (Å²) < 4.78 is 0. The second-order valence-electron chi connectivity index (χ2n) is 4.28. The van der Waals surface area contributed by atoms with Crippen molar-refractivity contribution in [2.24, 2.45) is 0 Å². The molecule has 0 bridgehead atoms. The molecule has 0 aromatic carbocycles. The molecule has 3 aliphatic rings. The van der Waals surface area contributed by atoms with E-state index in [-0.39, 0.29) is 0 Å². The Morgan fingerprint density at radius 3 is 2.93 bits per heavy atom. The van der Waals surface area contributed by atoms with Gasteiger partial charge in [-0.15, -0.1) is 0 Å². The first-order chi connectivity index (χ1) is 6.84. The van der Waals surface area contributed by atoms with Crippen LogP contribution in [0.15, 0.2) is 30.3 Å². The summed E-state index contributed by atoms with van der Waals surface area (Å²) in [5, 5.41) is 0. The van der Waals surface area contributed by atoms with Crippen LogP contribution in [-0.4, -0.2) is 0 Å². The van der Waals surface area contributed by atoms with E-state index in [0.717, 1.165) is 0 Å². The van der Waals surface area contributed by atoms with Gasteiger partial charge in [-0.1, -0.05) is 35.9 Å². The lowest BCUT2D eigenvalue weighted by Crippen LogP contribution is -1.76. The third kappa shape index (κ3) is 1.07. The average molecular weight is 182 g/mol. The highest BCUT2D eigenvalue weighted by Gasteiger charge is 2.18. The second-order valence-corrected chi connectivity index (χ2v) is 4.28. The van der Waals surface area contributed by atoms with Crippen LogP contribution >= 0.6 is 0 Å². The molecular formula is C14H14. The lowest BCUT2D eigenvalue weighted by molar-refractivity contribution is 0.909. The van der Waals surface area contributed by atoms with E-state index in [4.69, 9.17) is 0 Å². The maximum absolute atomic E-state index is 2.38. The van der Waals surface area contributed by atoms with Gasteiger partial charge in [-0.25, -0.2) is 0 Å². The predicted octanol–water partition coefficient (Wildman–Crippen LogP) is 3.59. The van der Waals surface area contributed by atoms with Gasteiger partial charge in [0.15, 0.2) is 0 Å². The van der Waals surface area contributed by atoms with E-state index in [1.807, 2.05) is 0 Å². The van der Waals surface area contributed by atoms with E-state index in [2.05, 4.69) is 37.3 Å². The summed E-state index contributed by atoms with van der Waals surface area (Å²) in [5.41, 5.74) is 7.45. The van der Waals surface area contributed by atoms with Gasteiger partial charge < -0.3 is 0 Å². The van der Waals surface area contributed by atoms with Crippen molar-refractivity contribution < 1.29 is 0 Å². The highest BCUT2D eigenvalue weighted by atomic mass is 14.2. The summed E-state index contributed by atoms with van der Waals surface area (Å²) >= 11 is 0. The van der Waals surface area contributed by atoms with Gasteiger partial charge in [0.1, 0.15) is 0 Å². The van der Waals surface area contributed by atoms with Crippen LogP contribution in [0.3, 0.4) is 0 Å². The van der Waals surface area contributed by atoms with Crippen molar-refractivity contribution in [2.75, 3.05) is 0 Å². The Kier molecular flexibility index (Phi) is 1.63. The molecule has 0 atom stereocenters. The molecule has 0 heteroatoms. The quantitative estimate of drug-likeness (QED) is 0.584. The van der Waals surface area contributed by atoms with Crippen LogP contribution in [-0.2, 0) is 12.8 Å². The van der Waals surface area contributed by atoms with Crippen molar-refractivity contribution in [1.82, 2.24) is 0 Å². The van der Waals surface area contributed by atoms with Crippen LogP contribution < -0.4 is 0 Å². The lowest BCUT2D eigenvalue weighted by Gasteiger charge is -1.96. The smallest absolute Gasteiger partial charge is 0.0149 e. The molecular weight excluding hydrogens is 168 g/mol. The number of fused-ring (bicyclic) bond motifs is 3. The fourth-order valence-corrected chi connectivity index (χ4v) is 2.58. The Labute approximate surface area is 84.9 Å². The molecule has 14 heavy (non-hydrogen) atoms. The minimum Gasteiger partial charge on any atom is -0.0614 e. The van der Waals surface area contributed by atoms with Crippen LogP contribution in [0.4, 0.5) is 0 Å². The highest BCUT2D eigenvalue weighted by Crippen LogP contribution is 2.36. The molecule has 3 rings (SSSR count). The van der Waals surface area contributed by atoms with E-state index >= 15 is 0 Å². The van der Waals surface area contributed by atoms with Crippen LogP contribution in [0.2, 0.25) is 0 Å². The van der Waals surface area contributed by atoms with Gasteiger partial charge in [0.2, 0.25) is 0 Å². The summed E-state index contributed by atoms with van der Waals surface area (Å²) in [6.45, 7) is 2.16. The predicted molar refractivity (Wildman–Crippen MR) is 59.8 cm³/mol.